The maximum absolute atomic E-state index is 13.1. The molecule has 1 fully saturated rings. The van der Waals surface area contributed by atoms with Crippen molar-refractivity contribution >= 4 is 40.7 Å². The van der Waals surface area contributed by atoms with E-state index in [0.717, 1.165) is 5.56 Å². The number of aryl methyl sites for hydroxylation is 1. The van der Waals surface area contributed by atoms with Crippen LogP contribution in [-0.2, 0) is 9.59 Å². The van der Waals surface area contributed by atoms with E-state index in [1.165, 1.54) is 23.1 Å². The number of hydrogen-bond donors (Lipinski definition) is 2. The van der Waals surface area contributed by atoms with Crippen LogP contribution in [0.5, 0.6) is 0 Å². The minimum absolute atomic E-state index is 0.0298. The Labute approximate surface area is 189 Å². The average molecular weight is 448 g/mol. The Kier molecular flexibility index (Phi) is 5.55. The lowest BCUT2D eigenvalue weighted by Gasteiger charge is -2.25. The molecule has 32 heavy (non-hydrogen) atoms. The number of anilines is 1. The summed E-state index contributed by atoms with van der Waals surface area (Å²) in [5, 5.41) is 20.9. The molecule has 0 saturated carbocycles. The van der Waals surface area contributed by atoms with Crippen LogP contribution in [0.4, 0.5) is 5.69 Å². The fraction of sp³-hybridized carbons (Fsp3) is 0.0800. The van der Waals surface area contributed by atoms with Crippen molar-refractivity contribution in [3.05, 3.63) is 106 Å². The predicted octanol–water partition coefficient (Wildman–Crippen LogP) is 4.97. The largest absolute Gasteiger partial charge is 0.507 e. The van der Waals surface area contributed by atoms with Gasteiger partial charge in [-0.25, -0.2) is 4.79 Å². The molecule has 1 atom stereocenters. The normalized spacial score (nSPS) is 17.6. The van der Waals surface area contributed by atoms with Crippen molar-refractivity contribution < 1.29 is 24.6 Å². The van der Waals surface area contributed by atoms with E-state index in [1.807, 2.05) is 6.92 Å². The van der Waals surface area contributed by atoms with E-state index in [2.05, 4.69) is 0 Å². The highest BCUT2D eigenvalue weighted by Gasteiger charge is 2.47. The first-order valence-electron chi connectivity index (χ1n) is 9.75. The zero-order chi connectivity index (χ0) is 23.0. The van der Waals surface area contributed by atoms with Crippen LogP contribution in [0.1, 0.15) is 33.1 Å². The van der Waals surface area contributed by atoms with Crippen molar-refractivity contribution in [3.63, 3.8) is 0 Å². The van der Waals surface area contributed by atoms with Gasteiger partial charge in [-0.05, 0) is 42.8 Å². The molecule has 0 spiro atoms. The number of aliphatic hydroxyl groups is 1. The minimum atomic E-state index is -1.16. The zero-order valence-corrected chi connectivity index (χ0v) is 17.7. The van der Waals surface area contributed by atoms with E-state index in [4.69, 9.17) is 11.6 Å². The highest BCUT2D eigenvalue weighted by molar-refractivity contribution is 6.51. The average Bonchev–Trinajstić information content (AvgIpc) is 3.05. The van der Waals surface area contributed by atoms with E-state index in [9.17, 15) is 24.6 Å². The lowest BCUT2D eigenvalue weighted by Crippen LogP contribution is -2.29. The van der Waals surface area contributed by atoms with Gasteiger partial charge in [-0.2, -0.15) is 0 Å². The Bertz CT molecular complexity index is 1260. The van der Waals surface area contributed by atoms with Gasteiger partial charge < -0.3 is 10.2 Å². The minimum Gasteiger partial charge on any atom is -0.507 e. The molecule has 1 aliphatic heterocycles. The summed E-state index contributed by atoms with van der Waals surface area (Å²) in [4.78, 5) is 38.8. The van der Waals surface area contributed by atoms with Crippen LogP contribution in [0, 0.1) is 6.92 Å². The summed E-state index contributed by atoms with van der Waals surface area (Å²) < 4.78 is 0. The van der Waals surface area contributed by atoms with E-state index in [1.54, 1.807) is 54.6 Å². The molecule has 6 nitrogen and oxygen atoms in total. The number of Topliss-reactive ketones (excluding diaryl/α,β-unsaturated/α-hetero) is 1. The number of hydrogen-bond acceptors (Lipinski definition) is 4. The molecule has 3 aromatic carbocycles. The van der Waals surface area contributed by atoms with Gasteiger partial charge in [-0.15, -0.1) is 0 Å². The number of nitrogens with zero attached hydrogens (tertiary/aromatic N) is 1. The fourth-order valence-corrected chi connectivity index (χ4v) is 3.84. The maximum Gasteiger partial charge on any atom is 0.335 e. The van der Waals surface area contributed by atoms with Crippen LogP contribution in [0.15, 0.2) is 78.4 Å². The molecule has 4 rings (SSSR count). The summed E-state index contributed by atoms with van der Waals surface area (Å²) in [5.74, 6) is -3.18. The number of aromatic carboxylic acids is 1. The lowest BCUT2D eigenvalue weighted by molar-refractivity contribution is -0.132. The second kappa shape index (κ2) is 8.32. The van der Waals surface area contributed by atoms with E-state index in [0.29, 0.717) is 16.1 Å². The molecule has 1 saturated heterocycles. The summed E-state index contributed by atoms with van der Waals surface area (Å²) in [5.41, 5.74) is 2.03. The van der Waals surface area contributed by atoms with Crippen molar-refractivity contribution in [3.8, 4) is 0 Å². The molecular formula is C25H18ClNO5. The van der Waals surface area contributed by atoms with Gasteiger partial charge in [0, 0.05) is 16.3 Å². The molecule has 160 valence electrons. The molecule has 1 aliphatic rings. The topological polar surface area (TPSA) is 94.9 Å². The summed E-state index contributed by atoms with van der Waals surface area (Å²) >= 11 is 6.02. The summed E-state index contributed by atoms with van der Waals surface area (Å²) in [6.45, 7) is 1.89. The SMILES string of the molecule is Cc1ccc(C(O)=C2C(=O)C(=O)N(c3cccc(C(=O)O)c3)[C@H]2c2ccc(Cl)cc2)cc1. The van der Waals surface area contributed by atoms with Crippen molar-refractivity contribution in [2.45, 2.75) is 13.0 Å². The van der Waals surface area contributed by atoms with Crippen molar-refractivity contribution in [1.82, 2.24) is 0 Å². The Morgan fingerprint density at radius 2 is 1.56 bits per heavy atom. The van der Waals surface area contributed by atoms with Gasteiger partial charge in [0.25, 0.3) is 11.7 Å². The molecule has 0 unspecified atom stereocenters. The summed E-state index contributed by atoms with van der Waals surface area (Å²) in [7, 11) is 0. The van der Waals surface area contributed by atoms with Gasteiger partial charge in [-0.1, -0.05) is 59.6 Å². The molecular weight excluding hydrogens is 430 g/mol. The van der Waals surface area contributed by atoms with Gasteiger partial charge >= 0.3 is 5.97 Å². The van der Waals surface area contributed by atoms with Gasteiger partial charge in [0.2, 0.25) is 0 Å². The second-order valence-electron chi connectivity index (χ2n) is 7.44. The Morgan fingerprint density at radius 1 is 0.906 bits per heavy atom. The highest BCUT2D eigenvalue weighted by Crippen LogP contribution is 2.42. The summed E-state index contributed by atoms with van der Waals surface area (Å²) in [6.07, 6.45) is 0. The number of halogens is 1. The third kappa shape index (κ3) is 3.76. The number of carbonyl (C=O) groups is 3. The van der Waals surface area contributed by atoms with Crippen LogP contribution in [0.3, 0.4) is 0 Å². The molecule has 0 aromatic heterocycles. The fourth-order valence-electron chi connectivity index (χ4n) is 3.72. The third-order valence-corrected chi connectivity index (χ3v) is 5.58. The first-order chi connectivity index (χ1) is 15.3. The molecule has 1 heterocycles. The molecule has 0 radical (unpaired) electrons. The Balaban J connectivity index is 1.94. The van der Waals surface area contributed by atoms with E-state index >= 15 is 0 Å². The number of carboxylic acid groups (broad SMARTS) is 1. The molecule has 7 heteroatoms. The molecule has 2 N–H and O–H groups in total. The quantitative estimate of drug-likeness (QED) is 0.334. The van der Waals surface area contributed by atoms with Gasteiger partial charge in [-0.3, -0.25) is 14.5 Å². The Morgan fingerprint density at radius 3 is 2.19 bits per heavy atom. The van der Waals surface area contributed by atoms with Crippen LogP contribution in [0.2, 0.25) is 5.02 Å². The van der Waals surface area contributed by atoms with Crippen LogP contribution in [-0.4, -0.2) is 27.9 Å². The number of carbonyl (C=O) groups excluding carboxylic acids is 2. The maximum atomic E-state index is 13.1. The van der Waals surface area contributed by atoms with E-state index < -0.39 is 23.7 Å². The van der Waals surface area contributed by atoms with Crippen molar-refractivity contribution in [2.75, 3.05) is 4.90 Å². The molecule has 0 aliphatic carbocycles. The monoisotopic (exact) mass is 447 g/mol. The first-order valence-corrected chi connectivity index (χ1v) is 10.1. The number of rotatable bonds is 4. The number of ketones is 1. The number of aliphatic hydroxyl groups excluding tert-OH is 1. The molecule has 3 aromatic rings. The number of benzene rings is 3. The van der Waals surface area contributed by atoms with Gasteiger partial charge in [0.1, 0.15) is 5.76 Å². The van der Waals surface area contributed by atoms with Crippen LogP contribution < -0.4 is 4.90 Å². The molecule has 1 amide bonds. The number of carboxylic acids is 1. The first kappa shape index (κ1) is 21.3. The van der Waals surface area contributed by atoms with Crippen molar-refractivity contribution in [1.29, 1.82) is 0 Å². The third-order valence-electron chi connectivity index (χ3n) is 5.33. The Hall–Kier alpha value is -3.90. The number of amides is 1. The zero-order valence-electron chi connectivity index (χ0n) is 16.9. The predicted molar refractivity (Wildman–Crippen MR) is 121 cm³/mol. The van der Waals surface area contributed by atoms with Crippen molar-refractivity contribution in [2.24, 2.45) is 0 Å². The summed E-state index contributed by atoms with van der Waals surface area (Å²) in [6, 6.07) is 18.3. The van der Waals surface area contributed by atoms with Crippen LogP contribution in [0.25, 0.3) is 5.76 Å². The van der Waals surface area contributed by atoms with Gasteiger partial charge in [0.15, 0.2) is 0 Å². The standard InChI is InChI=1S/C25H18ClNO5/c1-14-5-7-16(8-6-14)22(28)20-21(15-9-11-18(26)12-10-15)27(24(30)23(20)29)19-4-2-3-17(13-19)25(31)32/h2-13,21,28H,1H3,(H,31,32)/t21-/m0/s1. The van der Waals surface area contributed by atoms with Gasteiger partial charge in [0.05, 0.1) is 17.2 Å². The van der Waals surface area contributed by atoms with Crippen LogP contribution >= 0.6 is 11.6 Å². The lowest BCUT2D eigenvalue weighted by atomic mass is 9.95. The smallest absolute Gasteiger partial charge is 0.335 e. The van der Waals surface area contributed by atoms with E-state index in [-0.39, 0.29) is 22.6 Å². The molecule has 0 bridgehead atoms. The highest BCUT2D eigenvalue weighted by atomic mass is 35.5. The second-order valence-corrected chi connectivity index (χ2v) is 7.88.